The van der Waals surface area contributed by atoms with Crippen molar-refractivity contribution in [3.63, 3.8) is 0 Å². The van der Waals surface area contributed by atoms with Crippen molar-refractivity contribution in [2.45, 2.75) is 31.8 Å². The van der Waals surface area contributed by atoms with E-state index < -0.39 is 0 Å². The molecule has 0 unspecified atom stereocenters. The first-order valence-electron chi connectivity index (χ1n) is 5.44. The van der Waals surface area contributed by atoms with Crippen molar-refractivity contribution in [3.05, 3.63) is 17.0 Å². The smallest absolute Gasteiger partial charge is 0.134 e. The lowest BCUT2D eigenvalue weighted by atomic mass is 9.80. The lowest BCUT2D eigenvalue weighted by Gasteiger charge is -2.40. The Morgan fingerprint density at radius 1 is 1.50 bits per heavy atom. The Morgan fingerprint density at radius 2 is 2.25 bits per heavy atom. The van der Waals surface area contributed by atoms with Gasteiger partial charge in [-0.1, -0.05) is 11.6 Å². The minimum Gasteiger partial charge on any atom is -0.376 e. The molecule has 16 heavy (non-hydrogen) atoms. The maximum atomic E-state index is 5.86. The molecule has 2 rings (SSSR count). The second-order valence-electron chi connectivity index (χ2n) is 4.22. The van der Waals surface area contributed by atoms with Gasteiger partial charge in [0.05, 0.1) is 5.60 Å². The summed E-state index contributed by atoms with van der Waals surface area (Å²) in [4.78, 5) is 8.28. The third-order valence-electron chi connectivity index (χ3n) is 3.10. The van der Waals surface area contributed by atoms with E-state index in [4.69, 9.17) is 16.3 Å². The third-order valence-corrected chi connectivity index (χ3v) is 3.29. The average molecular weight is 242 g/mol. The van der Waals surface area contributed by atoms with Crippen LogP contribution >= 0.6 is 11.6 Å². The number of methoxy groups -OCH3 is 1. The monoisotopic (exact) mass is 241 g/mol. The Labute approximate surface area is 100 Å². The first kappa shape index (κ1) is 11.6. The Balaban J connectivity index is 1.98. The van der Waals surface area contributed by atoms with Crippen molar-refractivity contribution >= 4 is 17.4 Å². The van der Waals surface area contributed by atoms with Crippen LogP contribution in [-0.4, -0.2) is 29.2 Å². The number of aryl methyl sites for hydroxylation is 1. The summed E-state index contributed by atoms with van der Waals surface area (Å²) in [6.45, 7) is 2.60. The lowest BCUT2D eigenvalue weighted by molar-refractivity contribution is -0.0601. The fourth-order valence-corrected chi connectivity index (χ4v) is 2.12. The molecule has 1 aromatic heterocycles. The van der Waals surface area contributed by atoms with Gasteiger partial charge in [-0.25, -0.2) is 9.97 Å². The van der Waals surface area contributed by atoms with Crippen LogP contribution < -0.4 is 5.32 Å². The molecule has 1 fully saturated rings. The van der Waals surface area contributed by atoms with Crippen LogP contribution in [0.3, 0.4) is 0 Å². The second kappa shape index (κ2) is 4.55. The number of halogens is 1. The number of anilines is 1. The fraction of sp³-hybridized carbons (Fsp3) is 0.636. The molecule has 1 saturated carbocycles. The second-order valence-corrected chi connectivity index (χ2v) is 4.60. The standard InChI is InChI=1S/C11H16ClN3O/c1-8-14-9(12)6-10(15-8)13-7-11(16-2)4-3-5-11/h6H,3-5,7H2,1-2H3,(H,13,14,15). The number of hydrogen-bond donors (Lipinski definition) is 1. The van der Waals surface area contributed by atoms with Crippen molar-refractivity contribution < 1.29 is 4.74 Å². The van der Waals surface area contributed by atoms with Gasteiger partial charge in [-0.3, -0.25) is 0 Å². The Hall–Kier alpha value is -0.870. The van der Waals surface area contributed by atoms with Gasteiger partial charge in [0.2, 0.25) is 0 Å². The van der Waals surface area contributed by atoms with Gasteiger partial charge in [-0.05, 0) is 26.2 Å². The summed E-state index contributed by atoms with van der Waals surface area (Å²) in [6, 6.07) is 1.73. The summed E-state index contributed by atoms with van der Waals surface area (Å²) in [5.41, 5.74) is -0.00860. The Kier molecular flexibility index (Phi) is 3.30. The van der Waals surface area contributed by atoms with Crippen molar-refractivity contribution in [1.29, 1.82) is 0 Å². The van der Waals surface area contributed by atoms with E-state index in [1.54, 1.807) is 13.2 Å². The summed E-state index contributed by atoms with van der Waals surface area (Å²) in [5, 5.41) is 3.73. The summed E-state index contributed by atoms with van der Waals surface area (Å²) in [7, 11) is 1.76. The minimum absolute atomic E-state index is 0.00860. The SMILES string of the molecule is COC1(CNc2cc(Cl)nc(C)n2)CCC1. The molecule has 1 aliphatic rings. The minimum atomic E-state index is -0.00860. The van der Waals surface area contributed by atoms with Gasteiger partial charge in [0.15, 0.2) is 0 Å². The highest BCUT2D eigenvalue weighted by Crippen LogP contribution is 2.34. The highest BCUT2D eigenvalue weighted by molar-refractivity contribution is 6.29. The number of nitrogens with one attached hydrogen (secondary N) is 1. The molecule has 1 N–H and O–H groups in total. The van der Waals surface area contributed by atoms with Crippen LogP contribution in [0.4, 0.5) is 5.82 Å². The molecule has 0 amide bonds. The largest absolute Gasteiger partial charge is 0.376 e. The summed E-state index contributed by atoms with van der Waals surface area (Å²) in [5.74, 6) is 1.44. The lowest BCUT2D eigenvalue weighted by Crippen LogP contribution is -2.45. The number of rotatable bonds is 4. The summed E-state index contributed by atoms with van der Waals surface area (Å²) < 4.78 is 5.52. The molecule has 1 heterocycles. The maximum Gasteiger partial charge on any atom is 0.134 e. The molecule has 0 saturated heterocycles. The highest BCUT2D eigenvalue weighted by Gasteiger charge is 2.36. The molecule has 5 heteroatoms. The zero-order valence-corrected chi connectivity index (χ0v) is 10.3. The van der Waals surface area contributed by atoms with Gasteiger partial charge in [-0.15, -0.1) is 0 Å². The molecule has 0 aliphatic heterocycles. The van der Waals surface area contributed by atoms with Gasteiger partial charge in [-0.2, -0.15) is 0 Å². The van der Waals surface area contributed by atoms with Gasteiger partial charge in [0, 0.05) is 19.7 Å². The Morgan fingerprint density at radius 3 is 2.75 bits per heavy atom. The van der Waals surface area contributed by atoms with Crippen molar-refractivity contribution in [3.8, 4) is 0 Å². The van der Waals surface area contributed by atoms with Crippen molar-refractivity contribution in [2.24, 2.45) is 0 Å². The van der Waals surface area contributed by atoms with Gasteiger partial charge in [0.25, 0.3) is 0 Å². The molecule has 0 bridgehead atoms. The van der Waals surface area contributed by atoms with Crippen LogP contribution in [0.2, 0.25) is 5.15 Å². The van der Waals surface area contributed by atoms with E-state index >= 15 is 0 Å². The highest BCUT2D eigenvalue weighted by atomic mass is 35.5. The topological polar surface area (TPSA) is 47.0 Å². The fourth-order valence-electron chi connectivity index (χ4n) is 1.90. The van der Waals surface area contributed by atoms with E-state index in [-0.39, 0.29) is 5.60 Å². The number of aromatic nitrogens is 2. The van der Waals surface area contributed by atoms with E-state index in [1.165, 1.54) is 6.42 Å². The van der Waals surface area contributed by atoms with Crippen LogP contribution in [0.5, 0.6) is 0 Å². The van der Waals surface area contributed by atoms with Crippen molar-refractivity contribution in [1.82, 2.24) is 9.97 Å². The van der Waals surface area contributed by atoms with E-state index in [0.717, 1.165) is 25.2 Å². The van der Waals surface area contributed by atoms with Crippen LogP contribution in [0, 0.1) is 6.92 Å². The van der Waals surface area contributed by atoms with E-state index in [1.807, 2.05) is 6.92 Å². The van der Waals surface area contributed by atoms with E-state index in [9.17, 15) is 0 Å². The predicted octanol–water partition coefficient (Wildman–Crippen LogP) is 2.42. The third kappa shape index (κ3) is 2.44. The molecule has 0 atom stereocenters. The van der Waals surface area contributed by atoms with Gasteiger partial charge >= 0.3 is 0 Å². The molecule has 0 spiro atoms. The van der Waals surface area contributed by atoms with Gasteiger partial charge < -0.3 is 10.1 Å². The number of ether oxygens (including phenoxy) is 1. The number of hydrogen-bond acceptors (Lipinski definition) is 4. The zero-order chi connectivity index (χ0) is 11.6. The van der Waals surface area contributed by atoms with Crippen LogP contribution in [0.15, 0.2) is 6.07 Å². The van der Waals surface area contributed by atoms with Gasteiger partial charge in [0.1, 0.15) is 16.8 Å². The first-order chi connectivity index (χ1) is 7.63. The quantitative estimate of drug-likeness (QED) is 0.823. The van der Waals surface area contributed by atoms with Crippen LogP contribution in [0.1, 0.15) is 25.1 Å². The molecule has 1 aromatic rings. The van der Waals surface area contributed by atoms with E-state index in [0.29, 0.717) is 11.0 Å². The molecular formula is C11H16ClN3O. The average Bonchev–Trinajstić information content (AvgIpc) is 2.15. The molecule has 88 valence electrons. The number of nitrogens with zero attached hydrogens (tertiary/aromatic N) is 2. The Bertz CT molecular complexity index is 354. The first-order valence-corrected chi connectivity index (χ1v) is 5.82. The molecular weight excluding hydrogens is 226 g/mol. The summed E-state index contributed by atoms with van der Waals surface area (Å²) >= 11 is 5.86. The summed E-state index contributed by atoms with van der Waals surface area (Å²) in [6.07, 6.45) is 3.45. The normalized spacial score (nSPS) is 17.9. The van der Waals surface area contributed by atoms with Crippen LogP contribution in [0.25, 0.3) is 0 Å². The van der Waals surface area contributed by atoms with Crippen LogP contribution in [-0.2, 0) is 4.74 Å². The predicted molar refractivity (Wildman–Crippen MR) is 63.9 cm³/mol. The van der Waals surface area contributed by atoms with Crippen molar-refractivity contribution in [2.75, 3.05) is 19.0 Å². The zero-order valence-electron chi connectivity index (χ0n) is 9.59. The van der Waals surface area contributed by atoms with E-state index in [2.05, 4.69) is 15.3 Å². The molecule has 0 radical (unpaired) electrons. The molecule has 4 nitrogen and oxygen atoms in total. The maximum absolute atomic E-state index is 5.86. The molecule has 1 aliphatic carbocycles. The molecule has 0 aromatic carbocycles.